The fraction of sp³-hybridized carbons (Fsp3) is 0.350. The van der Waals surface area contributed by atoms with Gasteiger partial charge in [0.2, 0.25) is 0 Å². The van der Waals surface area contributed by atoms with Gasteiger partial charge >= 0.3 is 5.97 Å². The number of hydrogen-bond donors (Lipinski definition) is 0. The van der Waals surface area contributed by atoms with Crippen molar-refractivity contribution in [2.75, 3.05) is 7.11 Å². The Hall–Kier alpha value is -2.63. The van der Waals surface area contributed by atoms with Crippen molar-refractivity contribution in [3.05, 3.63) is 53.1 Å². The highest BCUT2D eigenvalue weighted by Crippen LogP contribution is 2.34. The molecule has 0 bridgehead atoms. The van der Waals surface area contributed by atoms with Crippen LogP contribution in [0.2, 0.25) is 0 Å². The smallest absolute Gasteiger partial charge is 0.310 e. The molecule has 0 aliphatic heterocycles. The van der Waals surface area contributed by atoms with Crippen LogP contribution in [0.5, 0.6) is 17.2 Å². The molecule has 0 heterocycles. The van der Waals surface area contributed by atoms with Crippen molar-refractivity contribution in [2.45, 2.75) is 39.7 Å². The summed E-state index contributed by atoms with van der Waals surface area (Å²) in [4.78, 5) is 11.6. The van der Waals surface area contributed by atoms with Crippen LogP contribution in [0, 0.1) is 0 Å². The molecule has 2 aromatic rings. The number of hydrogen-bond acceptors (Lipinski definition) is 4. The quantitative estimate of drug-likeness (QED) is 0.483. The average molecular weight is 364 g/mol. The predicted molar refractivity (Wildman–Crippen MR) is 94.0 cm³/mol. The molecule has 0 aliphatic carbocycles. The van der Waals surface area contributed by atoms with E-state index in [-0.39, 0.29) is 24.3 Å². The van der Waals surface area contributed by atoms with Gasteiger partial charge < -0.3 is 14.2 Å². The number of methoxy groups -OCH3 is 1. The molecule has 0 saturated heterocycles. The van der Waals surface area contributed by atoms with Crippen molar-refractivity contribution in [1.29, 1.82) is 0 Å². The molecule has 0 atom stereocenters. The van der Waals surface area contributed by atoms with E-state index in [2.05, 4.69) is 0 Å². The van der Waals surface area contributed by atoms with E-state index in [4.69, 9.17) is 14.2 Å². The molecular formula is C20H22F2O4. The van der Waals surface area contributed by atoms with Crippen LogP contribution in [0.3, 0.4) is 0 Å². The van der Waals surface area contributed by atoms with E-state index in [9.17, 15) is 13.6 Å². The van der Waals surface area contributed by atoms with Crippen molar-refractivity contribution in [1.82, 2.24) is 0 Å². The lowest BCUT2D eigenvalue weighted by Gasteiger charge is -2.16. The van der Waals surface area contributed by atoms with Crippen LogP contribution < -0.4 is 14.2 Å². The van der Waals surface area contributed by atoms with Gasteiger partial charge in [-0.2, -0.15) is 0 Å². The normalized spacial score (nSPS) is 10.7. The number of rotatable bonds is 8. The summed E-state index contributed by atoms with van der Waals surface area (Å²) in [6.45, 7) is 3.51. The first-order valence-electron chi connectivity index (χ1n) is 8.40. The third-order valence-electron chi connectivity index (χ3n) is 3.91. The molecule has 26 heavy (non-hydrogen) atoms. The molecule has 0 radical (unpaired) electrons. The first-order valence-corrected chi connectivity index (χ1v) is 8.40. The minimum absolute atomic E-state index is 0.0679. The van der Waals surface area contributed by atoms with Crippen molar-refractivity contribution in [3.63, 3.8) is 0 Å². The fourth-order valence-electron chi connectivity index (χ4n) is 2.44. The second-order valence-electron chi connectivity index (χ2n) is 5.58. The summed E-state index contributed by atoms with van der Waals surface area (Å²) in [6, 6.07) is 9.72. The van der Waals surface area contributed by atoms with Gasteiger partial charge in [-0.15, -0.1) is 0 Å². The Morgan fingerprint density at radius 3 is 2.42 bits per heavy atom. The monoisotopic (exact) mass is 364 g/mol. The first-order chi connectivity index (χ1) is 12.5. The van der Waals surface area contributed by atoms with Gasteiger partial charge in [-0.1, -0.05) is 26.0 Å². The number of alkyl halides is 2. The zero-order valence-electron chi connectivity index (χ0n) is 15.1. The molecule has 6 heteroatoms. The van der Waals surface area contributed by atoms with Crippen molar-refractivity contribution in [2.24, 2.45) is 0 Å². The Bertz CT molecular complexity index is 759. The van der Waals surface area contributed by atoms with Crippen molar-refractivity contribution in [3.8, 4) is 17.2 Å². The Morgan fingerprint density at radius 2 is 1.81 bits per heavy atom. The van der Waals surface area contributed by atoms with Gasteiger partial charge in [-0.25, -0.2) is 8.78 Å². The Morgan fingerprint density at radius 1 is 1.08 bits per heavy atom. The molecule has 2 rings (SSSR count). The molecule has 4 nitrogen and oxygen atoms in total. The maximum atomic E-state index is 13.3. The number of esters is 1. The lowest BCUT2D eigenvalue weighted by Crippen LogP contribution is -2.10. The third kappa shape index (κ3) is 4.71. The summed E-state index contributed by atoms with van der Waals surface area (Å²) in [5, 5.41) is 0. The van der Waals surface area contributed by atoms with Crippen molar-refractivity contribution >= 4 is 5.97 Å². The van der Waals surface area contributed by atoms with Crippen LogP contribution in [-0.2, 0) is 17.8 Å². The topological polar surface area (TPSA) is 44.8 Å². The van der Waals surface area contributed by atoms with E-state index in [1.165, 1.54) is 19.2 Å². The highest BCUT2D eigenvalue weighted by molar-refractivity contribution is 5.72. The van der Waals surface area contributed by atoms with Gasteiger partial charge in [-0.3, -0.25) is 4.79 Å². The van der Waals surface area contributed by atoms with Crippen LogP contribution in [0.1, 0.15) is 43.4 Å². The Labute approximate surface area is 151 Å². The van der Waals surface area contributed by atoms with E-state index in [0.29, 0.717) is 23.5 Å². The molecule has 0 fully saturated rings. The van der Waals surface area contributed by atoms with Gasteiger partial charge in [0.05, 0.1) is 18.2 Å². The van der Waals surface area contributed by atoms with Crippen LogP contribution in [0.25, 0.3) is 0 Å². The van der Waals surface area contributed by atoms with Crippen molar-refractivity contribution < 1.29 is 27.8 Å². The third-order valence-corrected chi connectivity index (χ3v) is 3.91. The molecule has 2 aromatic carbocycles. The summed E-state index contributed by atoms with van der Waals surface area (Å²) in [5.74, 6) is 0.436. The lowest BCUT2D eigenvalue weighted by molar-refractivity contribution is -0.134. The number of carbonyl (C=O) groups excluding carboxylic acids is 1. The van der Waals surface area contributed by atoms with Gasteiger partial charge in [0, 0.05) is 6.42 Å². The van der Waals surface area contributed by atoms with Crippen LogP contribution in [-0.4, -0.2) is 13.1 Å². The summed E-state index contributed by atoms with van der Waals surface area (Å²) in [6.07, 6.45) is -1.78. The predicted octanol–water partition coefficient (Wildman–Crippen LogP) is 5.09. The highest BCUT2D eigenvalue weighted by Gasteiger charge is 2.18. The fourth-order valence-corrected chi connectivity index (χ4v) is 2.44. The minimum atomic E-state index is -2.65. The van der Waals surface area contributed by atoms with Crippen LogP contribution >= 0.6 is 0 Å². The molecule has 0 amide bonds. The van der Waals surface area contributed by atoms with Gasteiger partial charge in [0.25, 0.3) is 6.43 Å². The molecule has 140 valence electrons. The molecule has 0 aromatic heterocycles. The molecule has 0 spiro atoms. The summed E-state index contributed by atoms with van der Waals surface area (Å²) < 4.78 is 42.9. The molecule has 0 unspecified atom stereocenters. The summed E-state index contributed by atoms with van der Waals surface area (Å²) in [7, 11) is 1.48. The van der Waals surface area contributed by atoms with Crippen LogP contribution in [0.4, 0.5) is 8.78 Å². The van der Waals surface area contributed by atoms with Gasteiger partial charge in [0.15, 0.2) is 0 Å². The molecular weight excluding hydrogens is 342 g/mol. The largest absolute Gasteiger partial charge is 0.496 e. The van der Waals surface area contributed by atoms with E-state index in [1.54, 1.807) is 31.2 Å². The highest BCUT2D eigenvalue weighted by atomic mass is 19.3. The zero-order valence-corrected chi connectivity index (χ0v) is 15.1. The van der Waals surface area contributed by atoms with Crippen LogP contribution in [0.15, 0.2) is 36.4 Å². The van der Waals surface area contributed by atoms with E-state index in [1.807, 2.05) is 6.92 Å². The maximum Gasteiger partial charge on any atom is 0.310 e. The standard InChI is InChI=1S/C20H22F2O4/c1-4-13-9-10-17(14(11-13)20(21)22)25-12-15-16(24-3)7-6-8-18(15)26-19(23)5-2/h6-11,20H,4-5,12H2,1-3H3. The molecule has 0 saturated carbocycles. The number of benzene rings is 2. The molecule has 0 N–H and O–H groups in total. The molecule has 0 aliphatic rings. The Kier molecular flexibility index (Phi) is 6.95. The van der Waals surface area contributed by atoms with Gasteiger partial charge in [-0.05, 0) is 36.2 Å². The van der Waals surface area contributed by atoms with E-state index < -0.39 is 12.4 Å². The average Bonchev–Trinajstić information content (AvgIpc) is 2.66. The Balaban J connectivity index is 2.30. The number of aryl methyl sites for hydroxylation is 1. The minimum Gasteiger partial charge on any atom is -0.496 e. The SMILES string of the molecule is CCC(=O)Oc1cccc(OC)c1COc1ccc(CC)cc1C(F)F. The van der Waals surface area contributed by atoms with E-state index in [0.717, 1.165) is 5.56 Å². The first kappa shape index (κ1) is 19.7. The lowest BCUT2D eigenvalue weighted by atomic mass is 10.1. The maximum absolute atomic E-state index is 13.3. The number of ether oxygens (including phenoxy) is 3. The summed E-state index contributed by atoms with van der Waals surface area (Å²) >= 11 is 0. The summed E-state index contributed by atoms with van der Waals surface area (Å²) in [5.41, 5.74) is 1.13. The number of halogens is 2. The second kappa shape index (κ2) is 9.17. The number of carbonyl (C=O) groups is 1. The van der Waals surface area contributed by atoms with Gasteiger partial charge in [0.1, 0.15) is 23.9 Å². The van der Waals surface area contributed by atoms with E-state index >= 15 is 0 Å². The zero-order chi connectivity index (χ0) is 19.1. The second-order valence-corrected chi connectivity index (χ2v) is 5.58.